The molecule has 1 aromatic carbocycles. The van der Waals surface area contributed by atoms with Gasteiger partial charge in [0.25, 0.3) is 0 Å². The second-order valence-corrected chi connectivity index (χ2v) is 11.6. The largest absolute Gasteiger partial charge is 0.394 e. The molecule has 0 bridgehead atoms. The smallest absolute Gasteiger partial charge is 0.149 e. The number of nitrogens with one attached hydrogen (secondary N) is 1. The molecule has 0 unspecified atom stereocenters. The number of nitriles is 1. The molecule has 2 fully saturated rings. The van der Waals surface area contributed by atoms with Crippen molar-refractivity contribution in [2.75, 3.05) is 35.7 Å². The first-order valence-corrected chi connectivity index (χ1v) is 13.5. The number of anilines is 2. The molecule has 3 heterocycles. The van der Waals surface area contributed by atoms with Gasteiger partial charge < -0.3 is 15.3 Å². The van der Waals surface area contributed by atoms with Crippen LogP contribution in [0.25, 0.3) is 0 Å². The van der Waals surface area contributed by atoms with E-state index in [0.29, 0.717) is 34.2 Å². The summed E-state index contributed by atoms with van der Waals surface area (Å²) in [6.45, 7) is 1.73. The second-order valence-electron chi connectivity index (χ2n) is 10.1. The molecule has 0 radical (unpaired) electrons. The number of rotatable bonds is 5. The Kier molecular flexibility index (Phi) is 5.19. The molecule has 4 aliphatic rings. The fourth-order valence-corrected chi connectivity index (χ4v) is 7.22. The van der Waals surface area contributed by atoms with Crippen molar-refractivity contribution in [3.05, 3.63) is 46.1 Å². The van der Waals surface area contributed by atoms with Crippen LogP contribution in [0, 0.1) is 11.3 Å². The van der Waals surface area contributed by atoms with Crippen LogP contribution in [0.4, 0.5) is 11.5 Å². The third kappa shape index (κ3) is 3.46. The third-order valence-electron chi connectivity index (χ3n) is 8.23. The molecule has 6 nitrogen and oxygen atoms in total. The summed E-state index contributed by atoms with van der Waals surface area (Å²) < 4.78 is 12.8. The van der Waals surface area contributed by atoms with E-state index in [1.54, 1.807) is 0 Å². The summed E-state index contributed by atoms with van der Waals surface area (Å²) in [5, 5.41) is 23.7. The SMILES string of the molecule is N#Cc1c(N2CCC(c3ccc4c(c3)CC4)CC2)nc2c(c1NC1(CO)CCC1)[S@@](=O)CC2. The Bertz CT molecular complexity index is 1170. The van der Waals surface area contributed by atoms with Gasteiger partial charge in [0, 0.05) is 25.3 Å². The topological polar surface area (TPSA) is 89.2 Å². The average molecular weight is 463 g/mol. The summed E-state index contributed by atoms with van der Waals surface area (Å²) in [7, 11) is -1.15. The van der Waals surface area contributed by atoms with Gasteiger partial charge in [0.15, 0.2) is 0 Å². The first-order chi connectivity index (χ1) is 16.1. The molecular formula is C26H30N4O2S. The molecule has 1 saturated carbocycles. The van der Waals surface area contributed by atoms with Gasteiger partial charge in [-0.3, -0.25) is 4.21 Å². The Labute approximate surface area is 197 Å². The van der Waals surface area contributed by atoms with Crippen LogP contribution in [0.5, 0.6) is 0 Å². The van der Waals surface area contributed by atoms with E-state index in [1.165, 1.54) is 29.5 Å². The normalized spacial score (nSPS) is 23.2. The Balaban J connectivity index is 1.30. The standard InChI is InChI=1S/C26H30N4O2S/c27-15-21-23(29-26(16-31)9-1-10-26)24-22(8-13-33(24)32)28-25(21)30-11-6-18(7-12-30)20-5-3-17-2-4-19(17)14-20/h3,5,14,18,31H,1-2,4,6-13,16H2,(H,28,29)/t33-/m0/s1. The predicted molar refractivity (Wildman–Crippen MR) is 129 cm³/mol. The van der Waals surface area contributed by atoms with Crippen molar-refractivity contribution in [3.8, 4) is 6.07 Å². The highest BCUT2D eigenvalue weighted by Gasteiger charge is 2.40. The highest BCUT2D eigenvalue weighted by molar-refractivity contribution is 7.85. The molecule has 0 spiro atoms. The van der Waals surface area contributed by atoms with Gasteiger partial charge in [-0.15, -0.1) is 0 Å². The lowest BCUT2D eigenvalue weighted by atomic mass is 9.77. The van der Waals surface area contributed by atoms with E-state index in [-0.39, 0.29) is 6.61 Å². The first kappa shape index (κ1) is 21.1. The van der Waals surface area contributed by atoms with Crippen molar-refractivity contribution in [1.29, 1.82) is 5.26 Å². The first-order valence-electron chi connectivity index (χ1n) is 12.2. The van der Waals surface area contributed by atoms with Gasteiger partial charge in [-0.05, 0) is 67.6 Å². The summed E-state index contributed by atoms with van der Waals surface area (Å²) >= 11 is 0. The summed E-state index contributed by atoms with van der Waals surface area (Å²) in [5.41, 5.74) is 6.05. The van der Waals surface area contributed by atoms with E-state index in [9.17, 15) is 14.6 Å². The lowest BCUT2D eigenvalue weighted by Crippen LogP contribution is -2.48. The van der Waals surface area contributed by atoms with Gasteiger partial charge in [-0.1, -0.05) is 18.2 Å². The Hall–Kier alpha value is -2.43. The van der Waals surface area contributed by atoms with Crippen LogP contribution in [-0.2, 0) is 30.1 Å². The van der Waals surface area contributed by atoms with Crippen LogP contribution in [0.1, 0.15) is 66.0 Å². The molecule has 33 heavy (non-hydrogen) atoms. The third-order valence-corrected chi connectivity index (χ3v) is 9.70. The van der Waals surface area contributed by atoms with Crippen LogP contribution in [0.3, 0.4) is 0 Å². The number of hydrogen-bond acceptors (Lipinski definition) is 6. The monoisotopic (exact) mass is 462 g/mol. The quantitative estimate of drug-likeness (QED) is 0.708. The van der Waals surface area contributed by atoms with Crippen molar-refractivity contribution < 1.29 is 9.32 Å². The minimum atomic E-state index is -1.15. The Morgan fingerprint density at radius 2 is 2.00 bits per heavy atom. The highest BCUT2D eigenvalue weighted by atomic mass is 32.2. The zero-order valence-electron chi connectivity index (χ0n) is 18.9. The van der Waals surface area contributed by atoms with Crippen LogP contribution >= 0.6 is 0 Å². The molecule has 2 N–H and O–H groups in total. The van der Waals surface area contributed by atoms with E-state index in [0.717, 1.165) is 56.7 Å². The van der Waals surface area contributed by atoms with Crippen molar-refractivity contribution in [3.63, 3.8) is 0 Å². The summed E-state index contributed by atoms with van der Waals surface area (Å²) in [6, 6.07) is 9.39. The lowest BCUT2D eigenvalue weighted by Gasteiger charge is -2.42. The van der Waals surface area contributed by atoms with Gasteiger partial charge in [-0.2, -0.15) is 5.26 Å². The maximum atomic E-state index is 12.8. The van der Waals surface area contributed by atoms with Crippen LogP contribution in [0.15, 0.2) is 23.1 Å². The van der Waals surface area contributed by atoms with E-state index < -0.39 is 16.3 Å². The number of aryl methyl sites for hydroxylation is 3. The number of fused-ring (bicyclic) bond motifs is 2. The van der Waals surface area contributed by atoms with Gasteiger partial charge in [0.05, 0.1) is 39.2 Å². The molecule has 1 saturated heterocycles. The van der Waals surface area contributed by atoms with E-state index in [1.807, 2.05) is 0 Å². The number of nitrogens with zero attached hydrogens (tertiary/aromatic N) is 3. The number of aliphatic hydroxyl groups is 1. The van der Waals surface area contributed by atoms with Crippen molar-refractivity contribution in [1.82, 2.24) is 4.98 Å². The minimum Gasteiger partial charge on any atom is -0.394 e. The summed E-state index contributed by atoms with van der Waals surface area (Å²) in [5.74, 6) is 1.82. The molecule has 7 heteroatoms. The number of pyridine rings is 1. The number of aromatic nitrogens is 1. The van der Waals surface area contributed by atoms with Crippen molar-refractivity contribution in [2.24, 2.45) is 0 Å². The van der Waals surface area contributed by atoms with E-state index in [2.05, 4.69) is 34.5 Å². The summed E-state index contributed by atoms with van der Waals surface area (Å²) in [4.78, 5) is 7.83. The zero-order valence-corrected chi connectivity index (χ0v) is 19.7. The molecule has 6 rings (SSSR count). The highest BCUT2D eigenvalue weighted by Crippen LogP contribution is 2.43. The van der Waals surface area contributed by atoms with Gasteiger partial charge in [0.2, 0.25) is 0 Å². The molecule has 1 atom stereocenters. The van der Waals surface area contributed by atoms with Crippen molar-refractivity contribution >= 4 is 22.3 Å². The summed E-state index contributed by atoms with van der Waals surface area (Å²) in [6.07, 6.45) is 7.95. The van der Waals surface area contributed by atoms with Gasteiger partial charge >= 0.3 is 0 Å². The van der Waals surface area contributed by atoms with Gasteiger partial charge in [0.1, 0.15) is 17.5 Å². The van der Waals surface area contributed by atoms with E-state index in [4.69, 9.17) is 4.98 Å². The molecule has 2 aromatic rings. The van der Waals surface area contributed by atoms with Crippen LogP contribution in [0.2, 0.25) is 0 Å². The number of piperidine rings is 1. The van der Waals surface area contributed by atoms with Crippen LogP contribution < -0.4 is 10.2 Å². The lowest BCUT2D eigenvalue weighted by molar-refractivity contribution is 0.144. The molecule has 2 aliphatic carbocycles. The number of aliphatic hydroxyl groups excluding tert-OH is 1. The maximum absolute atomic E-state index is 12.8. The van der Waals surface area contributed by atoms with Crippen molar-refractivity contribution in [2.45, 2.75) is 67.7 Å². The minimum absolute atomic E-state index is 0.0170. The molecular weight excluding hydrogens is 432 g/mol. The maximum Gasteiger partial charge on any atom is 0.149 e. The van der Waals surface area contributed by atoms with Crippen LogP contribution in [-0.4, -0.2) is 45.3 Å². The fourth-order valence-electron chi connectivity index (χ4n) is 5.85. The predicted octanol–water partition coefficient (Wildman–Crippen LogP) is 3.43. The number of hydrogen-bond donors (Lipinski definition) is 2. The van der Waals surface area contributed by atoms with Gasteiger partial charge in [-0.25, -0.2) is 4.98 Å². The molecule has 0 amide bonds. The Morgan fingerprint density at radius 3 is 2.61 bits per heavy atom. The zero-order chi connectivity index (χ0) is 22.6. The van der Waals surface area contributed by atoms with E-state index >= 15 is 0 Å². The Morgan fingerprint density at radius 1 is 1.21 bits per heavy atom. The second kappa shape index (κ2) is 8.11. The number of benzene rings is 1. The molecule has 2 aliphatic heterocycles. The molecule has 172 valence electrons. The average Bonchev–Trinajstić information content (AvgIpc) is 3.17. The molecule has 1 aromatic heterocycles. The fraction of sp³-hybridized carbons (Fsp3) is 0.538.